The highest BCUT2D eigenvalue weighted by Gasteiger charge is 2.48. The minimum atomic E-state index is -0.903. The van der Waals surface area contributed by atoms with E-state index in [1.807, 2.05) is 6.07 Å². The highest BCUT2D eigenvalue weighted by atomic mass is 79.9. The van der Waals surface area contributed by atoms with Crippen LogP contribution in [0.4, 0.5) is 0 Å². The SMILES string of the molecule is O=C(O)C1CSC(C2CC2)N1C(=O)c1ccc(Br)s1. The van der Waals surface area contributed by atoms with E-state index >= 15 is 0 Å². The van der Waals surface area contributed by atoms with E-state index in [4.69, 9.17) is 0 Å². The van der Waals surface area contributed by atoms with Crippen LogP contribution in [0.5, 0.6) is 0 Å². The Morgan fingerprint density at radius 3 is 2.63 bits per heavy atom. The fraction of sp³-hybridized carbons (Fsp3) is 0.500. The summed E-state index contributed by atoms with van der Waals surface area (Å²) < 4.78 is 0.887. The molecule has 0 aromatic carbocycles. The number of rotatable bonds is 3. The van der Waals surface area contributed by atoms with Crippen molar-refractivity contribution in [3.63, 3.8) is 0 Å². The Morgan fingerprint density at radius 1 is 1.37 bits per heavy atom. The summed E-state index contributed by atoms with van der Waals surface area (Å²) in [6.45, 7) is 0. The number of thiophene rings is 1. The largest absolute Gasteiger partial charge is 0.480 e. The third-order valence-corrected chi connectivity index (χ3v) is 6.44. The molecule has 2 fully saturated rings. The molecule has 2 atom stereocenters. The van der Waals surface area contributed by atoms with E-state index < -0.39 is 12.0 Å². The summed E-state index contributed by atoms with van der Waals surface area (Å²) >= 11 is 6.29. The summed E-state index contributed by atoms with van der Waals surface area (Å²) in [5.41, 5.74) is 0. The number of aliphatic carboxylic acids is 1. The number of amides is 1. The van der Waals surface area contributed by atoms with E-state index in [-0.39, 0.29) is 11.3 Å². The van der Waals surface area contributed by atoms with Crippen LogP contribution in [0.3, 0.4) is 0 Å². The number of hydrogen-bond donors (Lipinski definition) is 1. The van der Waals surface area contributed by atoms with Gasteiger partial charge in [-0.05, 0) is 46.8 Å². The first-order chi connectivity index (χ1) is 9.08. The third-order valence-electron chi connectivity index (χ3n) is 3.36. The van der Waals surface area contributed by atoms with Gasteiger partial charge in [-0.25, -0.2) is 4.79 Å². The lowest BCUT2D eigenvalue weighted by Crippen LogP contribution is -2.46. The molecule has 102 valence electrons. The van der Waals surface area contributed by atoms with Crippen LogP contribution in [0.2, 0.25) is 0 Å². The molecule has 4 nitrogen and oxygen atoms in total. The Kier molecular flexibility index (Phi) is 3.61. The van der Waals surface area contributed by atoms with Gasteiger partial charge in [-0.15, -0.1) is 23.1 Å². The Balaban J connectivity index is 1.88. The topological polar surface area (TPSA) is 57.6 Å². The molecular formula is C12H12BrNO3S2. The monoisotopic (exact) mass is 361 g/mol. The van der Waals surface area contributed by atoms with Crippen LogP contribution in [0.25, 0.3) is 0 Å². The highest BCUT2D eigenvalue weighted by Crippen LogP contribution is 2.46. The molecule has 2 heterocycles. The second-order valence-corrected chi connectivity index (χ2v) is 8.34. The van der Waals surface area contributed by atoms with Gasteiger partial charge in [0, 0.05) is 5.75 Å². The van der Waals surface area contributed by atoms with Crippen LogP contribution in [0.15, 0.2) is 15.9 Å². The molecule has 1 aromatic heterocycles. The zero-order valence-electron chi connectivity index (χ0n) is 9.91. The molecule has 3 rings (SSSR count). The molecule has 1 aromatic rings. The molecule has 1 amide bonds. The van der Waals surface area contributed by atoms with Crippen molar-refractivity contribution in [3.8, 4) is 0 Å². The molecule has 2 aliphatic rings. The number of nitrogens with zero attached hydrogens (tertiary/aromatic N) is 1. The average molecular weight is 362 g/mol. The van der Waals surface area contributed by atoms with Gasteiger partial charge in [0.1, 0.15) is 6.04 Å². The quantitative estimate of drug-likeness (QED) is 0.898. The normalized spacial score (nSPS) is 26.7. The van der Waals surface area contributed by atoms with Gasteiger partial charge in [0.15, 0.2) is 0 Å². The molecule has 1 N–H and O–H groups in total. The molecule has 2 unspecified atom stereocenters. The average Bonchev–Trinajstić information content (AvgIpc) is 2.96. The molecule has 1 saturated heterocycles. The van der Waals surface area contributed by atoms with Crippen LogP contribution in [0, 0.1) is 5.92 Å². The zero-order valence-corrected chi connectivity index (χ0v) is 13.1. The van der Waals surface area contributed by atoms with Crippen LogP contribution in [-0.2, 0) is 4.79 Å². The summed E-state index contributed by atoms with van der Waals surface area (Å²) in [6, 6.07) is 2.88. The smallest absolute Gasteiger partial charge is 0.327 e. The highest BCUT2D eigenvalue weighted by molar-refractivity contribution is 9.11. The Hall–Kier alpha value is -0.530. The van der Waals surface area contributed by atoms with Crippen LogP contribution < -0.4 is 0 Å². The second-order valence-electron chi connectivity index (χ2n) is 4.73. The number of carboxylic acids is 1. The summed E-state index contributed by atoms with van der Waals surface area (Å²) in [5, 5.41) is 9.33. The summed E-state index contributed by atoms with van der Waals surface area (Å²) in [7, 11) is 0. The lowest BCUT2D eigenvalue weighted by atomic mass is 10.2. The lowest BCUT2D eigenvalue weighted by molar-refractivity contribution is -0.141. The van der Waals surface area contributed by atoms with E-state index in [0.29, 0.717) is 16.5 Å². The van der Waals surface area contributed by atoms with Gasteiger partial charge in [-0.3, -0.25) is 4.79 Å². The standard InChI is InChI=1S/C12H12BrNO3S2/c13-9-4-3-8(19-9)10(15)14-7(12(16)17)5-18-11(14)6-1-2-6/h3-4,6-7,11H,1-2,5H2,(H,16,17). The van der Waals surface area contributed by atoms with Crippen molar-refractivity contribution in [2.24, 2.45) is 5.92 Å². The first kappa shape index (κ1) is 13.5. The van der Waals surface area contributed by atoms with Crippen molar-refractivity contribution < 1.29 is 14.7 Å². The number of halogens is 1. The molecule has 19 heavy (non-hydrogen) atoms. The molecule has 0 radical (unpaired) electrons. The molecule has 7 heteroatoms. The summed E-state index contributed by atoms with van der Waals surface area (Å²) in [5.74, 6) is -0.0827. The second kappa shape index (κ2) is 5.10. The molecule has 1 saturated carbocycles. The Bertz CT molecular complexity index is 529. The van der Waals surface area contributed by atoms with Crippen LogP contribution in [-0.4, -0.2) is 39.1 Å². The number of carbonyl (C=O) groups is 2. The first-order valence-electron chi connectivity index (χ1n) is 6.00. The van der Waals surface area contributed by atoms with Gasteiger partial charge in [0.25, 0.3) is 5.91 Å². The van der Waals surface area contributed by atoms with Gasteiger partial charge >= 0.3 is 5.97 Å². The summed E-state index contributed by atoms with van der Waals surface area (Å²) in [4.78, 5) is 26.1. The van der Waals surface area contributed by atoms with E-state index in [0.717, 1.165) is 16.6 Å². The minimum absolute atomic E-state index is 0.0366. The molecular weight excluding hydrogens is 350 g/mol. The van der Waals surface area contributed by atoms with E-state index in [2.05, 4.69) is 15.9 Å². The van der Waals surface area contributed by atoms with Gasteiger partial charge in [-0.2, -0.15) is 0 Å². The molecule has 0 spiro atoms. The van der Waals surface area contributed by atoms with Crippen molar-refractivity contribution in [1.29, 1.82) is 0 Å². The Labute approximate surface area is 127 Å². The molecule has 1 aliphatic heterocycles. The lowest BCUT2D eigenvalue weighted by Gasteiger charge is -2.26. The molecule has 0 bridgehead atoms. The summed E-state index contributed by atoms with van der Waals surface area (Å²) in [6.07, 6.45) is 2.20. The number of hydrogen-bond acceptors (Lipinski definition) is 4. The van der Waals surface area contributed by atoms with Crippen molar-refractivity contribution >= 4 is 50.9 Å². The first-order valence-corrected chi connectivity index (χ1v) is 8.66. The minimum Gasteiger partial charge on any atom is -0.480 e. The van der Waals surface area contributed by atoms with Crippen LogP contribution >= 0.6 is 39.0 Å². The number of thioether (sulfide) groups is 1. The molecule has 1 aliphatic carbocycles. The number of carboxylic acid groups (broad SMARTS) is 1. The van der Waals surface area contributed by atoms with Crippen molar-refractivity contribution in [2.75, 3.05) is 5.75 Å². The third kappa shape index (κ3) is 2.55. The fourth-order valence-corrected chi connectivity index (χ4v) is 5.24. The fourth-order valence-electron chi connectivity index (χ4n) is 2.28. The van der Waals surface area contributed by atoms with Gasteiger partial charge in [-0.1, -0.05) is 0 Å². The maximum absolute atomic E-state index is 12.6. The van der Waals surface area contributed by atoms with Gasteiger partial charge in [0.2, 0.25) is 0 Å². The maximum atomic E-state index is 12.6. The Morgan fingerprint density at radius 2 is 2.11 bits per heavy atom. The van der Waals surface area contributed by atoms with Gasteiger partial charge < -0.3 is 10.0 Å². The van der Waals surface area contributed by atoms with E-state index in [9.17, 15) is 14.7 Å². The van der Waals surface area contributed by atoms with Crippen molar-refractivity contribution in [1.82, 2.24) is 4.90 Å². The van der Waals surface area contributed by atoms with E-state index in [1.54, 1.807) is 22.7 Å². The predicted octanol–water partition coefficient (Wildman–Crippen LogP) is 2.89. The zero-order chi connectivity index (χ0) is 13.6. The predicted molar refractivity (Wildman–Crippen MR) is 78.6 cm³/mol. The maximum Gasteiger partial charge on any atom is 0.327 e. The van der Waals surface area contributed by atoms with Crippen molar-refractivity contribution in [2.45, 2.75) is 24.3 Å². The van der Waals surface area contributed by atoms with Crippen LogP contribution in [0.1, 0.15) is 22.5 Å². The van der Waals surface area contributed by atoms with E-state index in [1.165, 1.54) is 11.3 Å². The van der Waals surface area contributed by atoms with Gasteiger partial charge in [0.05, 0.1) is 14.0 Å². The number of carbonyl (C=O) groups excluding carboxylic acids is 1. The van der Waals surface area contributed by atoms with Crippen molar-refractivity contribution in [3.05, 3.63) is 20.8 Å².